The maximum absolute atomic E-state index is 11.3. The number of benzene rings is 1. The average molecular weight is 228 g/mol. The third kappa shape index (κ3) is 1.58. The van der Waals surface area contributed by atoms with Crippen LogP contribution in [0.2, 0.25) is 0 Å². The van der Waals surface area contributed by atoms with Crippen LogP contribution in [0, 0.1) is 4.84 Å². The van der Waals surface area contributed by atoms with Gasteiger partial charge in [0.1, 0.15) is 0 Å². The molecule has 0 fully saturated rings. The second kappa shape index (κ2) is 3.55. The van der Waals surface area contributed by atoms with Crippen LogP contribution in [-0.2, 0) is 0 Å². The van der Waals surface area contributed by atoms with Crippen LogP contribution in [0.1, 0.15) is 10.4 Å². The fourth-order valence-corrected chi connectivity index (χ4v) is 1.55. The van der Waals surface area contributed by atoms with Crippen molar-refractivity contribution in [3.05, 3.63) is 28.6 Å². The molecule has 0 aliphatic rings. The zero-order valence-electron chi connectivity index (χ0n) is 7.04. The SMILES string of the molecule is O=C(CCl)c1ccc2[nH]c(=S)oc2c1. The molecule has 1 heterocycles. The third-order valence-corrected chi connectivity index (χ3v) is 2.29. The van der Waals surface area contributed by atoms with Gasteiger partial charge in [-0.2, -0.15) is 0 Å². The number of ketones is 1. The highest BCUT2D eigenvalue weighted by Crippen LogP contribution is 2.15. The Bertz CT molecular complexity index is 543. The highest BCUT2D eigenvalue weighted by atomic mass is 35.5. The van der Waals surface area contributed by atoms with Gasteiger partial charge in [-0.05, 0) is 30.4 Å². The molecule has 0 bridgehead atoms. The largest absolute Gasteiger partial charge is 0.429 e. The van der Waals surface area contributed by atoms with Gasteiger partial charge >= 0.3 is 0 Å². The number of aromatic nitrogens is 1. The van der Waals surface area contributed by atoms with E-state index in [2.05, 4.69) is 4.98 Å². The molecule has 5 heteroatoms. The number of hydrogen-bond acceptors (Lipinski definition) is 3. The van der Waals surface area contributed by atoms with E-state index in [9.17, 15) is 4.79 Å². The summed E-state index contributed by atoms with van der Waals surface area (Å²) in [6.07, 6.45) is 0. The van der Waals surface area contributed by atoms with Crippen molar-refractivity contribution in [3.8, 4) is 0 Å². The number of fused-ring (bicyclic) bond motifs is 1. The number of H-pyrrole nitrogens is 1. The number of alkyl halides is 1. The van der Waals surface area contributed by atoms with Crippen LogP contribution >= 0.6 is 23.8 Å². The predicted molar refractivity (Wildman–Crippen MR) is 56.4 cm³/mol. The summed E-state index contributed by atoms with van der Waals surface area (Å²) in [5.74, 6) is -0.160. The van der Waals surface area contributed by atoms with Crippen molar-refractivity contribution in [3.63, 3.8) is 0 Å². The molecule has 0 radical (unpaired) electrons. The molecule has 1 aromatic heterocycles. The van der Waals surface area contributed by atoms with E-state index in [0.717, 1.165) is 5.52 Å². The van der Waals surface area contributed by atoms with Crippen molar-refractivity contribution in [2.45, 2.75) is 0 Å². The summed E-state index contributed by atoms with van der Waals surface area (Å²) in [4.78, 5) is 14.4. The first kappa shape index (κ1) is 9.43. The van der Waals surface area contributed by atoms with Crippen molar-refractivity contribution in [1.82, 2.24) is 4.98 Å². The number of hydrogen-bond donors (Lipinski definition) is 1. The second-order valence-electron chi connectivity index (χ2n) is 2.78. The van der Waals surface area contributed by atoms with Gasteiger partial charge in [-0.15, -0.1) is 11.6 Å². The minimum Gasteiger partial charge on any atom is -0.429 e. The normalized spacial score (nSPS) is 10.6. The Morgan fingerprint density at radius 3 is 3.07 bits per heavy atom. The van der Waals surface area contributed by atoms with Gasteiger partial charge in [-0.3, -0.25) is 4.79 Å². The topological polar surface area (TPSA) is 46.0 Å². The van der Waals surface area contributed by atoms with E-state index in [1.807, 2.05) is 0 Å². The van der Waals surface area contributed by atoms with Gasteiger partial charge in [0, 0.05) is 5.56 Å². The zero-order chi connectivity index (χ0) is 10.1. The number of oxazole rings is 1. The van der Waals surface area contributed by atoms with E-state index in [1.54, 1.807) is 18.2 Å². The molecule has 0 atom stereocenters. The van der Waals surface area contributed by atoms with Crippen LogP contribution in [0.3, 0.4) is 0 Å². The van der Waals surface area contributed by atoms with Crippen LogP contribution in [0.5, 0.6) is 0 Å². The van der Waals surface area contributed by atoms with Gasteiger partial charge in [0.2, 0.25) is 0 Å². The lowest BCUT2D eigenvalue weighted by atomic mass is 10.1. The fourth-order valence-electron chi connectivity index (χ4n) is 1.20. The van der Waals surface area contributed by atoms with Crippen molar-refractivity contribution >= 4 is 40.7 Å². The Hall–Kier alpha value is -1.13. The van der Waals surface area contributed by atoms with E-state index in [1.165, 1.54) is 0 Å². The smallest absolute Gasteiger partial charge is 0.266 e. The summed E-state index contributed by atoms with van der Waals surface area (Å²) in [6.45, 7) is 0. The summed E-state index contributed by atoms with van der Waals surface area (Å²) in [5, 5.41) is 0. The molecule has 0 unspecified atom stereocenters. The lowest BCUT2D eigenvalue weighted by Gasteiger charge is -1.94. The number of halogens is 1. The molecule has 2 rings (SSSR count). The van der Waals surface area contributed by atoms with Crippen molar-refractivity contribution in [1.29, 1.82) is 0 Å². The number of nitrogens with one attached hydrogen (secondary N) is 1. The van der Waals surface area contributed by atoms with Crippen LogP contribution in [0.4, 0.5) is 0 Å². The summed E-state index contributed by atoms with van der Waals surface area (Å²) in [7, 11) is 0. The minimum atomic E-state index is -0.129. The molecule has 1 aromatic carbocycles. The molecule has 14 heavy (non-hydrogen) atoms. The van der Waals surface area contributed by atoms with Gasteiger partial charge < -0.3 is 9.40 Å². The Kier molecular flexibility index (Phi) is 2.39. The molecule has 2 aromatic rings. The summed E-state index contributed by atoms with van der Waals surface area (Å²) < 4.78 is 5.17. The molecule has 0 spiro atoms. The molecule has 3 nitrogen and oxygen atoms in total. The lowest BCUT2D eigenvalue weighted by molar-refractivity contribution is 0.102. The molecule has 0 saturated carbocycles. The van der Waals surface area contributed by atoms with Crippen LogP contribution in [0.15, 0.2) is 22.6 Å². The van der Waals surface area contributed by atoms with E-state index in [0.29, 0.717) is 16.0 Å². The standard InChI is InChI=1S/C9H6ClNO2S/c10-4-7(12)5-1-2-6-8(3-5)13-9(14)11-6/h1-3H,4H2,(H,11,14). The summed E-state index contributed by atoms with van der Waals surface area (Å²) >= 11 is 10.3. The molecular formula is C9H6ClNO2S. The van der Waals surface area contributed by atoms with Gasteiger partial charge in [-0.25, -0.2) is 0 Å². The first-order valence-electron chi connectivity index (χ1n) is 3.93. The number of aromatic amines is 1. The maximum Gasteiger partial charge on any atom is 0.266 e. The van der Waals surface area contributed by atoms with E-state index in [-0.39, 0.29) is 11.7 Å². The van der Waals surface area contributed by atoms with Gasteiger partial charge in [0.25, 0.3) is 4.84 Å². The Labute approximate surface area is 89.7 Å². The first-order chi connectivity index (χ1) is 6.70. The average Bonchev–Trinajstić information content (AvgIpc) is 2.55. The van der Waals surface area contributed by atoms with Gasteiger partial charge in [0.15, 0.2) is 11.4 Å². The summed E-state index contributed by atoms with van der Waals surface area (Å²) in [6, 6.07) is 5.06. The van der Waals surface area contributed by atoms with Crippen molar-refractivity contribution < 1.29 is 9.21 Å². The van der Waals surface area contributed by atoms with E-state index < -0.39 is 0 Å². The van der Waals surface area contributed by atoms with Crippen LogP contribution < -0.4 is 0 Å². The number of carbonyl (C=O) groups excluding carboxylic acids is 1. The fraction of sp³-hybridized carbons (Fsp3) is 0.111. The predicted octanol–water partition coefficient (Wildman–Crippen LogP) is 2.91. The lowest BCUT2D eigenvalue weighted by Crippen LogP contribution is -1.99. The van der Waals surface area contributed by atoms with Crippen LogP contribution in [-0.4, -0.2) is 16.6 Å². The molecule has 72 valence electrons. The quantitative estimate of drug-likeness (QED) is 0.488. The number of rotatable bonds is 2. The van der Waals surface area contributed by atoms with Gasteiger partial charge in [0.05, 0.1) is 11.4 Å². The maximum atomic E-state index is 11.3. The first-order valence-corrected chi connectivity index (χ1v) is 4.87. The molecule has 0 aliphatic carbocycles. The highest BCUT2D eigenvalue weighted by molar-refractivity contribution is 7.71. The monoisotopic (exact) mass is 227 g/mol. The number of carbonyl (C=O) groups is 1. The Morgan fingerprint density at radius 2 is 2.36 bits per heavy atom. The number of Topliss-reactive ketones (excluding diaryl/α,β-unsaturated/α-hetero) is 1. The van der Waals surface area contributed by atoms with Crippen LogP contribution in [0.25, 0.3) is 11.1 Å². The molecule has 0 aliphatic heterocycles. The van der Waals surface area contributed by atoms with Crippen molar-refractivity contribution in [2.75, 3.05) is 5.88 Å². The minimum absolute atomic E-state index is 0.0311. The summed E-state index contributed by atoms with van der Waals surface area (Å²) in [5.41, 5.74) is 1.89. The highest BCUT2D eigenvalue weighted by Gasteiger charge is 2.06. The Morgan fingerprint density at radius 1 is 1.57 bits per heavy atom. The Balaban J connectivity index is 2.61. The zero-order valence-corrected chi connectivity index (χ0v) is 8.61. The van der Waals surface area contributed by atoms with Crippen molar-refractivity contribution in [2.24, 2.45) is 0 Å². The van der Waals surface area contributed by atoms with E-state index >= 15 is 0 Å². The third-order valence-electron chi connectivity index (χ3n) is 1.86. The molecular weight excluding hydrogens is 222 g/mol. The second-order valence-corrected chi connectivity index (χ2v) is 3.42. The molecule has 1 N–H and O–H groups in total. The van der Waals surface area contributed by atoms with E-state index in [4.69, 9.17) is 28.2 Å². The van der Waals surface area contributed by atoms with Gasteiger partial charge in [-0.1, -0.05) is 0 Å². The molecule has 0 saturated heterocycles. The molecule has 0 amide bonds.